The van der Waals surface area contributed by atoms with Crippen molar-refractivity contribution < 1.29 is 4.79 Å². The highest BCUT2D eigenvalue weighted by Crippen LogP contribution is 2.47. The lowest BCUT2D eigenvalue weighted by molar-refractivity contribution is -0.117. The van der Waals surface area contributed by atoms with Crippen LogP contribution in [0.5, 0.6) is 0 Å². The Hall–Kier alpha value is -2.76. The average molecular weight is 279 g/mol. The van der Waals surface area contributed by atoms with Crippen LogP contribution in [0.25, 0.3) is 11.2 Å². The summed E-state index contributed by atoms with van der Waals surface area (Å²) >= 11 is 0. The number of fused-ring (bicyclic) bond motifs is 1. The summed E-state index contributed by atoms with van der Waals surface area (Å²) < 4.78 is 0. The second-order valence-corrected chi connectivity index (χ2v) is 5.19. The number of H-pyrrole nitrogens is 1. The Labute approximate surface area is 120 Å². The summed E-state index contributed by atoms with van der Waals surface area (Å²) in [5.74, 6) is 0.757. The van der Waals surface area contributed by atoms with Crippen molar-refractivity contribution in [3.63, 3.8) is 0 Å². The van der Waals surface area contributed by atoms with E-state index in [4.69, 9.17) is 0 Å². The number of rotatable bonds is 3. The van der Waals surface area contributed by atoms with Crippen molar-refractivity contribution >= 4 is 23.0 Å². The standard InChI is InChI=1S/C15H13N5O/c21-14(11-6-10(11)9-4-2-1-3-5-9)20-15-18-12-7-16-8-17-13(12)19-15/h1-5,7-8,10-11H,6H2,(H2,16,17,18,19,20,21). The number of aromatic nitrogens is 4. The first kappa shape index (κ1) is 12.0. The Morgan fingerprint density at radius 1 is 1.29 bits per heavy atom. The molecule has 21 heavy (non-hydrogen) atoms. The molecule has 2 heterocycles. The van der Waals surface area contributed by atoms with Gasteiger partial charge in [0.1, 0.15) is 11.8 Å². The van der Waals surface area contributed by atoms with Gasteiger partial charge in [0.2, 0.25) is 11.9 Å². The van der Waals surface area contributed by atoms with Gasteiger partial charge in [-0.1, -0.05) is 30.3 Å². The predicted molar refractivity (Wildman–Crippen MR) is 77.6 cm³/mol. The molecule has 2 unspecified atom stereocenters. The molecule has 0 aliphatic heterocycles. The number of nitrogens with zero attached hydrogens (tertiary/aromatic N) is 3. The zero-order valence-electron chi connectivity index (χ0n) is 11.2. The minimum atomic E-state index is -0.00383. The van der Waals surface area contributed by atoms with E-state index in [2.05, 4.69) is 37.4 Å². The fourth-order valence-corrected chi connectivity index (χ4v) is 2.58. The topological polar surface area (TPSA) is 83.6 Å². The van der Waals surface area contributed by atoms with Gasteiger partial charge in [0, 0.05) is 5.92 Å². The summed E-state index contributed by atoms with van der Waals surface area (Å²) in [6, 6.07) is 10.1. The van der Waals surface area contributed by atoms with Crippen LogP contribution in [0.2, 0.25) is 0 Å². The molecule has 2 N–H and O–H groups in total. The number of hydrogen-bond donors (Lipinski definition) is 2. The maximum atomic E-state index is 12.2. The average Bonchev–Trinajstić information content (AvgIpc) is 3.22. The summed E-state index contributed by atoms with van der Waals surface area (Å²) in [6.07, 6.45) is 3.94. The molecule has 1 fully saturated rings. The number of benzene rings is 1. The lowest BCUT2D eigenvalue weighted by Gasteiger charge is -2.01. The van der Waals surface area contributed by atoms with E-state index in [1.807, 2.05) is 18.2 Å². The second kappa shape index (κ2) is 4.66. The maximum Gasteiger partial charge on any atom is 0.230 e. The Balaban J connectivity index is 1.47. The molecule has 1 aliphatic rings. The smallest absolute Gasteiger partial charge is 0.230 e. The number of hydrogen-bond acceptors (Lipinski definition) is 4. The lowest BCUT2D eigenvalue weighted by Crippen LogP contribution is -2.15. The molecular weight excluding hydrogens is 266 g/mol. The number of carbonyl (C=O) groups is 1. The molecule has 1 saturated carbocycles. The van der Waals surface area contributed by atoms with Crippen molar-refractivity contribution in [2.45, 2.75) is 12.3 Å². The lowest BCUT2D eigenvalue weighted by atomic mass is 10.1. The van der Waals surface area contributed by atoms with Gasteiger partial charge in [0.05, 0.1) is 6.20 Å². The summed E-state index contributed by atoms with van der Waals surface area (Å²) in [4.78, 5) is 27.4. The van der Waals surface area contributed by atoms with Gasteiger partial charge in [-0.05, 0) is 17.9 Å². The molecule has 1 aliphatic carbocycles. The Morgan fingerprint density at radius 2 is 2.14 bits per heavy atom. The van der Waals surface area contributed by atoms with Gasteiger partial charge < -0.3 is 4.98 Å². The summed E-state index contributed by atoms with van der Waals surface area (Å²) in [7, 11) is 0. The van der Waals surface area contributed by atoms with Crippen molar-refractivity contribution in [1.82, 2.24) is 19.9 Å². The van der Waals surface area contributed by atoms with Gasteiger partial charge in [-0.25, -0.2) is 15.0 Å². The van der Waals surface area contributed by atoms with Gasteiger partial charge in [-0.3, -0.25) is 10.1 Å². The predicted octanol–water partition coefficient (Wildman–Crippen LogP) is 2.10. The van der Waals surface area contributed by atoms with E-state index in [0.717, 1.165) is 6.42 Å². The number of anilines is 1. The van der Waals surface area contributed by atoms with Gasteiger partial charge >= 0.3 is 0 Å². The van der Waals surface area contributed by atoms with Crippen molar-refractivity contribution in [3.05, 3.63) is 48.4 Å². The van der Waals surface area contributed by atoms with Crippen LogP contribution in [0.1, 0.15) is 17.9 Å². The highest BCUT2D eigenvalue weighted by molar-refractivity contribution is 5.94. The molecule has 3 aromatic rings. The molecule has 1 aromatic carbocycles. The number of nitrogens with one attached hydrogen (secondary N) is 2. The van der Waals surface area contributed by atoms with E-state index >= 15 is 0 Å². The zero-order chi connectivity index (χ0) is 14.2. The number of carbonyl (C=O) groups excluding carboxylic acids is 1. The van der Waals surface area contributed by atoms with Crippen LogP contribution in [-0.4, -0.2) is 25.8 Å². The Morgan fingerprint density at radius 3 is 2.95 bits per heavy atom. The Bertz CT molecular complexity index is 765. The van der Waals surface area contributed by atoms with Gasteiger partial charge in [-0.2, -0.15) is 0 Å². The van der Waals surface area contributed by atoms with Crippen molar-refractivity contribution in [2.24, 2.45) is 5.92 Å². The van der Waals surface area contributed by atoms with E-state index in [-0.39, 0.29) is 11.8 Å². The van der Waals surface area contributed by atoms with Crippen LogP contribution >= 0.6 is 0 Å². The SMILES string of the molecule is O=C(Nc1nc2cncnc2[nH]1)C1CC1c1ccccc1. The first-order valence-electron chi connectivity index (χ1n) is 6.83. The number of aromatic amines is 1. The van der Waals surface area contributed by atoms with E-state index in [0.29, 0.717) is 23.0 Å². The first-order valence-corrected chi connectivity index (χ1v) is 6.83. The van der Waals surface area contributed by atoms with Gasteiger partial charge in [0.15, 0.2) is 5.65 Å². The first-order chi connectivity index (χ1) is 10.3. The van der Waals surface area contributed by atoms with Crippen LogP contribution in [0, 0.1) is 5.92 Å². The molecule has 0 bridgehead atoms. The summed E-state index contributed by atoms with van der Waals surface area (Å²) in [5, 5.41) is 2.82. The van der Waals surface area contributed by atoms with E-state index in [1.54, 1.807) is 6.20 Å². The highest BCUT2D eigenvalue weighted by Gasteiger charge is 2.44. The molecule has 1 amide bonds. The van der Waals surface area contributed by atoms with Gasteiger partial charge in [-0.15, -0.1) is 0 Å². The van der Waals surface area contributed by atoms with E-state index < -0.39 is 0 Å². The van der Waals surface area contributed by atoms with Crippen LogP contribution in [0.4, 0.5) is 5.95 Å². The quantitative estimate of drug-likeness (QED) is 0.769. The fraction of sp³-hybridized carbons (Fsp3) is 0.200. The minimum absolute atomic E-state index is 0.00383. The molecule has 0 saturated heterocycles. The number of amides is 1. The summed E-state index contributed by atoms with van der Waals surface area (Å²) in [6.45, 7) is 0. The molecule has 0 spiro atoms. The molecule has 6 heteroatoms. The van der Waals surface area contributed by atoms with Crippen LogP contribution in [-0.2, 0) is 4.79 Å². The fourth-order valence-electron chi connectivity index (χ4n) is 2.58. The molecule has 2 aromatic heterocycles. The minimum Gasteiger partial charge on any atom is -0.308 e. The van der Waals surface area contributed by atoms with Crippen LogP contribution in [0.15, 0.2) is 42.9 Å². The third kappa shape index (κ3) is 2.24. The monoisotopic (exact) mass is 279 g/mol. The largest absolute Gasteiger partial charge is 0.308 e. The molecule has 6 nitrogen and oxygen atoms in total. The third-order valence-electron chi connectivity index (χ3n) is 3.76. The normalized spacial score (nSPS) is 20.4. The van der Waals surface area contributed by atoms with E-state index in [9.17, 15) is 4.79 Å². The summed E-state index contributed by atoms with van der Waals surface area (Å²) in [5.41, 5.74) is 2.48. The molecule has 2 atom stereocenters. The third-order valence-corrected chi connectivity index (χ3v) is 3.76. The molecule has 0 radical (unpaired) electrons. The molecule has 104 valence electrons. The molecule has 4 rings (SSSR count). The maximum absolute atomic E-state index is 12.2. The van der Waals surface area contributed by atoms with Gasteiger partial charge in [0.25, 0.3) is 0 Å². The van der Waals surface area contributed by atoms with Crippen molar-refractivity contribution in [1.29, 1.82) is 0 Å². The van der Waals surface area contributed by atoms with Crippen molar-refractivity contribution in [3.8, 4) is 0 Å². The van der Waals surface area contributed by atoms with Crippen LogP contribution < -0.4 is 5.32 Å². The second-order valence-electron chi connectivity index (χ2n) is 5.19. The Kier molecular flexibility index (Phi) is 2.67. The van der Waals surface area contributed by atoms with Crippen LogP contribution in [0.3, 0.4) is 0 Å². The number of imidazole rings is 1. The van der Waals surface area contributed by atoms with E-state index in [1.165, 1.54) is 11.9 Å². The molecular formula is C15H13N5O. The zero-order valence-corrected chi connectivity index (χ0v) is 11.2. The van der Waals surface area contributed by atoms with Crippen molar-refractivity contribution in [2.75, 3.05) is 5.32 Å². The highest BCUT2D eigenvalue weighted by atomic mass is 16.2.